The second kappa shape index (κ2) is 5.19. The molecule has 0 bridgehead atoms. The highest BCUT2D eigenvalue weighted by atomic mass is 79.9. The van der Waals surface area contributed by atoms with Gasteiger partial charge in [0.1, 0.15) is 11.9 Å². The van der Waals surface area contributed by atoms with Crippen LogP contribution in [0.2, 0.25) is 0 Å². The Morgan fingerprint density at radius 1 is 1.17 bits per heavy atom. The molecule has 0 heterocycles. The van der Waals surface area contributed by atoms with E-state index >= 15 is 0 Å². The molecule has 0 fully saturated rings. The highest BCUT2D eigenvalue weighted by Crippen LogP contribution is 2.25. The molecule has 0 atom stereocenters. The van der Waals surface area contributed by atoms with Gasteiger partial charge in [-0.25, -0.2) is 4.39 Å². The molecule has 2 aromatic rings. The Labute approximate surface area is 113 Å². The Bertz CT molecular complexity index is 632. The van der Waals surface area contributed by atoms with Gasteiger partial charge in [-0.05, 0) is 42.8 Å². The summed E-state index contributed by atoms with van der Waals surface area (Å²) in [6.07, 6.45) is 0. The minimum atomic E-state index is -0.367. The van der Waals surface area contributed by atoms with Crippen molar-refractivity contribution < 1.29 is 4.39 Å². The summed E-state index contributed by atoms with van der Waals surface area (Å²) < 4.78 is 14.4. The first kappa shape index (κ1) is 12.6. The van der Waals surface area contributed by atoms with Crippen molar-refractivity contribution in [2.75, 3.05) is 5.32 Å². The van der Waals surface area contributed by atoms with Gasteiger partial charge in [-0.2, -0.15) is 5.26 Å². The van der Waals surface area contributed by atoms with Crippen LogP contribution < -0.4 is 5.32 Å². The molecule has 4 heteroatoms. The van der Waals surface area contributed by atoms with Gasteiger partial charge in [0, 0.05) is 4.47 Å². The number of halogens is 2. The van der Waals surface area contributed by atoms with Crippen molar-refractivity contribution in [2.45, 2.75) is 6.92 Å². The molecule has 0 spiro atoms. The molecule has 0 radical (unpaired) electrons. The molecule has 90 valence electrons. The van der Waals surface area contributed by atoms with E-state index in [1.165, 1.54) is 6.07 Å². The highest BCUT2D eigenvalue weighted by molar-refractivity contribution is 9.10. The zero-order valence-corrected chi connectivity index (χ0v) is 11.3. The lowest BCUT2D eigenvalue weighted by Gasteiger charge is -2.10. The van der Waals surface area contributed by atoms with E-state index in [0.29, 0.717) is 21.4 Å². The van der Waals surface area contributed by atoms with Crippen LogP contribution in [0.5, 0.6) is 0 Å². The number of rotatable bonds is 2. The quantitative estimate of drug-likeness (QED) is 0.886. The number of nitrogens with one attached hydrogen (secondary N) is 1. The van der Waals surface area contributed by atoms with Crippen molar-refractivity contribution in [1.29, 1.82) is 5.26 Å². The molecule has 0 aliphatic rings. The van der Waals surface area contributed by atoms with Crippen LogP contribution in [0.15, 0.2) is 40.9 Å². The maximum atomic E-state index is 13.7. The zero-order chi connectivity index (χ0) is 13.1. The number of nitrogens with zero attached hydrogens (tertiary/aromatic N) is 1. The van der Waals surface area contributed by atoms with Gasteiger partial charge in [-0.3, -0.25) is 0 Å². The van der Waals surface area contributed by atoms with Crippen molar-refractivity contribution in [1.82, 2.24) is 0 Å². The van der Waals surface area contributed by atoms with Crippen molar-refractivity contribution in [3.8, 4) is 6.07 Å². The minimum absolute atomic E-state index is 0.346. The molecule has 0 aliphatic heterocycles. The summed E-state index contributed by atoms with van der Waals surface area (Å²) in [4.78, 5) is 0. The van der Waals surface area contributed by atoms with E-state index < -0.39 is 0 Å². The zero-order valence-electron chi connectivity index (χ0n) is 9.67. The fourth-order valence-corrected chi connectivity index (χ4v) is 1.93. The van der Waals surface area contributed by atoms with Crippen molar-refractivity contribution in [2.24, 2.45) is 0 Å². The van der Waals surface area contributed by atoms with Gasteiger partial charge in [0.15, 0.2) is 0 Å². The monoisotopic (exact) mass is 304 g/mol. The normalized spacial score (nSPS) is 9.89. The topological polar surface area (TPSA) is 35.8 Å². The number of aryl methyl sites for hydroxylation is 1. The molecule has 18 heavy (non-hydrogen) atoms. The third-order valence-corrected chi connectivity index (χ3v) is 2.99. The number of nitriles is 1. The third kappa shape index (κ3) is 2.69. The Morgan fingerprint density at radius 2 is 1.89 bits per heavy atom. The number of hydrogen-bond acceptors (Lipinski definition) is 2. The molecule has 0 aliphatic carbocycles. The van der Waals surface area contributed by atoms with Gasteiger partial charge in [0.25, 0.3) is 0 Å². The predicted molar refractivity (Wildman–Crippen MR) is 73.3 cm³/mol. The highest BCUT2D eigenvalue weighted by Gasteiger charge is 2.06. The Kier molecular flexibility index (Phi) is 3.63. The standard InChI is InChI=1S/C14H10BrFN2/c1-9-2-4-13(10(6-9)8-17)18-14-5-3-11(15)7-12(14)16/h2-7,18H,1H3. The van der Waals surface area contributed by atoms with Crippen LogP contribution in [0.4, 0.5) is 15.8 Å². The summed E-state index contributed by atoms with van der Waals surface area (Å²) in [5.41, 5.74) is 2.44. The average molecular weight is 305 g/mol. The van der Waals surface area contributed by atoms with Gasteiger partial charge in [0.05, 0.1) is 16.9 Å². The third-order valence-electron chi connectivity index (χ3n) is 2.50. The van der Waals surface area contributed by atoms with Crippen LogP contribution in [0, 0.1) is 24.1 Å². The SMILES string of the molecule is Cc1ccc(Nc2ccc(Br)cc2F)c(C#N)c1. The average Bonchev–Trinajstić information content (AvgIpc) is 2.34. The van der Waals surface area contributed by atoms with E-state index in [1.54, 1.807) is 24.3 Å². The molecule has 0 saturated heterocycles. The van der Waals surface area contributed by atoms with E-state index in [2.05, 4.69) is 27.3 Å². The fraction of sp³-hybridized carbons (Fsp3) is 0.0714. The Balaban J connectivity index is 2.37. The van der Waals surface area contributed by atoms with E-state index in [9.17, 15) is 4.39 Å². The number of hydrogen-bond donors (Lipinski definition) is 1. The van der Waals surface area contributed by atoms with Crippen LogP contribution in [0.3, 0.4) is 0 Å². The van der Waals surface area contributed by atoms with Gasteiger partial charge in [0.2, 0.25) is 0 Å². The van der Waals surface area contributed by atoms with E-state index in [1.807, 2.05) is 13.0 Å². The molecule has 2 rings (SSSR count). The maximum Gasteiger partial charge on any atom is 0.147 e. The second-order valence-corrected chi connectivity index (χ2v) is 4.83. The molecule has 0 unspecified atom stereocenters. The molecule has 0 saturated carbocycles. The van der Waals surface area contributed by atoms with Crippen LogP contribution in [0.1, 0.15) is 11.1 Å². The number of benzene rings is 2. The van der Waals surface area contributed by atoms with Crippen LogP contribution in [-0.2, 0) is 0 Å². The maximum absolute atomic E-state index is 13.7. The lowest BCUT2D eigenvalue weighted by atomic mass is 10.1. The molecule has 0 amide bonds. The molecular formula is C14H10BrFN2. The first-order valence-electron chi connectivity index (χ1n) is 5.33. The van der Waals surface area contributed by atoms with Crippen molar-refractivity contribution in [3.05, 3.63) is 57.8 Å². The van der Waals surface area contributed by atoms with Crippen LogP contribution in [-0.4, -0.2) is 0 Å². The molecule has 0 aromatic heterocycles. The summed E-state index contributed by atoms with van der Waals surface area (Å²) >= 11 is 3.20. The van der Waals surface area contributed by atoms with Crippen molar-refractivity contribution in [3.63, 3.8) is 0 Å². The van der Waals surface area contributed by atoms with E-state index in [4.69, 9.17) is 5.26 Å². The summed E-state index contributed by atoms with van der Waals surface area (Å²) in [6.45, 7) is 1.91. The first-order chi connectivity index (χ1) is 8.60. The Hall–Kier alpha value is -1.86. The number of anilines is 2. The van der Waals surface area contributed by atoms with Crippen LogP contribution >= 0.6 is 15.9 Å². The second-order valence-electron chi connectivity index (χ2n) is 3.91. The Morgan fingerprint density at radius 3 is 2.56 bits per heavy atom. The van der Waals surface area contributed by atoms with E-state index in [0.717, 1.165) is 5.56 Å². The van der Waals surface area contributed by atoms with E-state index in [-0.39, 0.29) is 5.82 Å². The smallest absolute Gasteiger partial charge is 0.147 e. The molecular weight excluding hydrogens is 295 g/mol. The summed E-state index contributed by atoms with van der Waals surface area (Å²) in [5.74, 6) is -0.367. The van der Waals surface area contributed by atoms with Gasteiger partial charge >= 0.3 is 0 Å². The van der Waals surface area contributed by atoms with Gasteiger partial charge in [-0.1, -0.05) is 22.0 Å². The summed E-state index contributed by atoms with van der Waals surface area (Å²) in [5, 5.41) is 12.0. The van der Waals surface area contributed by atoms with Gasteiger partial charge < -0.3 is 5.32 Å². The lowest BCUT2D eigenvalue weighted by molar-refractivity contribution is 0.631. The fourth-order valence-electron chi connectivity index (χ4n) is 1.60. The molecule has 2 nitrogen and oxygen atoms in total. The predicted octanol–water partition coefficient (Wildman–Crippen LogP) is 4.51. The van der Waals surface area contributed by atoms with Gasteiger partial charge in [-0.15, -0.1) is 0 Å². The molecule has 1 N–H and O–H groups in total. The summed E-state index contributed by atoms with van der Waals surface area (Å²) in [7, 11) is 0. The van der Waals surface area contributed by atoms with Crippen LogP contribution in [0.25, 0.3) is 0 Å². The minimum Gasteiger partial charge on any atom is -0.352 e. The summed E-state index contributed by atoms with van der Waals surface area (Å²) in [6, 6.07) is 12.2. The van der Waals surface area contributed by atoms with Crippen molar-refractivity contribution >= 4 is 27.3 Å². The lowest BCUT2D eigenvalue weighted by Crippen LogP contribution is -1.96. The molecule has 2 aromatic carbocycles. The largest absolute Gasteiger partial charge is 0.352 e. The first-order valence-corrected chi connectivity index (χ1v) is 6.12.